The van der Waals surface area contributed by atoms with E-state index in [1.807, 2.05) is 0 Å². The van der Waals surface area contributed by atoms with Gasteiger partial charge in [-0.1, -0.05) is 29.5 Å². The summed E-state index contributed by atoms with van der Waals surface area (Å²) in [5, 5.41) is 5.90. The van der Waals surface area contributed by atoms with Gasteiger partial charge < -0.3 is 0 Å². The molecule has 1 nitrogen and oxygen atoms in total. The van der Waals surface area contributed by atoms with Crippen LogP contribution in [-0.4, -0.2) is 0 Å². The van der Waals surface area contributed by atoms with Crippen molar-refractivity contribution in [3.8, 4) is 5.00 Å². The Bertz CT molecular complexity index is 584. The van der Waals surface area contributed by atoms with Crippen LogP contribution in [0.4, 0.5) is 0 Å². The summed E-state index contributed by atoms with van der Waals surface area (Å²) in [5.74, 6) is 0. The number of aromatic nitrogens is 1. The normalized spacial score (nSPS) is 10.7. The number of rotatable bonds is 1. The number of benzene rings is 1. The van der Waals surface area contributed by atoms with Gasteiger partial charge in [-0.3, -0.25) is 0 Å². The van der Waals surface area contributed by atoms with Gasteiger partial charge >= 0.3 is 0 Å². The molecule has 0 saturated carbocycles. The van der Waals surface area contributed by atoms with Gasteiger partial charge in [0, 0.05) is 17.5 Å². The largest absolute Gasteiger partial charge is 0.266 e. The second-order valence-corrected chi connectivity index (χ2v) is 4.36. The van der Waals surface area contributed by atoms with Crippen LogP contribution in [0.3, 0.4) is 0 Å². The molecule has 3 rings (SSSR count). The zero-order valence-corrected chi connectivity index (χ0v) is 8.95. The van der Waals surface area contributed by atoms with Crippen LogP contribution in [0, 0.1) is 0 Å². The predicted octanol–water partition coefficient (Wildman–Crippen LogP) is 3.18. The first kappa shape index (κ1) is 8.62. The van der Waals surface area contributed by atoms with Crippen molar-refractivity contribution in [2.24, 2.45) is 0 Å². The van der Waals surface area contributed by atoms with E-state index in [-0.39, 0.29) is 0 Å². The Balaban J connectivity index is 2.22. The van der Waals surface area contributed by atoms with Gasteiger partial charge in [-0.25, -0.2) is 0 Å². The van der Waals surface area contributed by atoms with E-state index in [2.05, 4.69) is 64.8 Å². The van der Waals surface area contributed by atoms with E-state index in [1.165, 1.54) is 15.8 Å². The monoisotopic (exact) mass is 212 g/mol. The fourth-order valence-electron chi connectivity index (χ4n) is 1.69. The van der Waals surface area contributed by atoms with Gasteiger partial charge in [-0.05, 0) is 22.9 Å². The van der Waals surface area contributed by atoms with E-state index in [0.717, 1.165) is 0 Å². The lowest BCUT2D eigenvalue weighted by molar-refractivity contribution is -0.590. The SMILES string of the molecule is c1csc(-[n+]2ccc3ccccc3c2)c1. The van der Waals surface area contributed by atoms with Gasteiger partial charge in [-0.2, -0.15) is 4.57 Å². The maximum absolute atomic E-state index is 2.17. The Morgan fingerprint density at radius 3 is 2.53 bits per heavy atom. The minimum atomic E-state index is 1.25. The highest BCUT2D eigenvalue weighted by Gasteiger charge is 2.06. The highest BCUT2D eigenvalue weighted by molar-refractivity contribution is 7.12. The summed E-state index contributed by atoms with van der Waals surface area (Å²) in [5.41, 5.74) is 0. The number of thiophene rings is 1. The average molecular weight is 212 g/mol. The van der Waals surface area contributed by atoms with Crippen LogP contribution in [0.5, 0.6) is 0 Å². The number of fused-ring (bicyclic) bond motifs is 1. The van der Waals surface area contributed by atoms with E-state index < -0.39 is 0 Å². The Morgan fingerprint density at radius 2 is 1.73 bits per heavy atom. The molecule has 0 radical (unpaired) electrons. The van der Waals surface area contributed by atoms with Crippen LogP contribution >= 0.6 is 11.3 Å². The fraction of sp³-hybridized carbons (Fsp3) is 0. The third kappa shape index (κ3) is 1.53. The summed E-state index contributed by atoms with van der Waals surface area (Å²) >= 11 is 1.75. The van der Waals surface area contributed by atoms with Gasteiger partial charge in [-0.15, -0.1) is 0 Å². The molecule has 3 aromatic rings. The van der Waals surface area contributed by atoms with E-state index in [0.29, 0.717) is 0 Å². The van der Waals surface area contributed by atoms with Crippen LogP contribution in [0.15, 0.2) is 60.2 Å². The van der Waals surface area contributed by atoms with E-state index in [4.69, 9.17) is 0 Å². The molecule has 2 heteroatoms. The van der Waals surface area contributed by atoms with Crippen molar-refractivity contribution < 1.29 is 4.57 Å². The molecule has 0 fully saturated rings. The molecule has 1 aromatic carbocycles. The maximum Gasteiger partial charge on any atom is 0.266 e. The molecule has 2 aromatic heterocycles. The van der Waals surface area contributed by atoms with Gasteiger partial charge in [0.1, 0.15) is 0 Å². The molecule has 0 N–H and O–H groups in total. The number of nitrogens with zero attached hydrogens (tertiary/aromatic N) is 1. The Kier molecular flexibility index (Phi) is 2.00. The van der Waals surface area contributed by atoms with Crippen LogP contribution < -0.4 is 4.57 Å². The molecule has 0 saturated heterocycles. The number of hydrogen-bond acceptors (Lipinski definition) is 1. The lowest BCUT2D eigenvalue weighted by Gasteiger charge is -1.95. The lowest BCUT2D eigenvalue weighted by atomic mass is 10.2. The number of pyridine rings is 1. The molecular weight excluding hydrogens is 202 g/mol. The Labute approximate surface area is 92.2 Å². The van der Waals surface area contributed by atoms with Gasteiger partial charge in [0.2, 0.25) is 0 Å². The van der Waals surface area contributed by atoms with Crippen molar-refractivity contribution in [3.63, 3.8) is 0 Å². The van der Waals surface area contributed by atoms with E-state index in [1.54, 1.807) is 11.3 Å². The highest BCUT2D eigenvalue weighted by atomic mass is 32.1. The van der Waals surface area contributed by atoms with E-state index >= 15 is 0 Å². The molecule has 2 heterocycles. The number of hydrogen-bond donors (Lipinski definition) is 0. The molecule has 0 aliphatic rings. The quantitative estimate of drug-likeness (QED) is 0.545. The van der Waals surface area contributed by atoms with Crippen molar-refractivity contribution in [1.29, 1.82) is 0 Å². The summed E-state index contributed by atoms with van der Waals surface area (Å²) in [6.07, 6.45) is 4.27. The fourth-order valence-corrected chi connectivity index (χ4v) is 2.38. The second kappa shape index (κ2) is 3.48. The highest BCUT2D eigenvalue weighted by Crippen LogP contribution is 2.13. The molecule has 0 bridgehead atoms. The molecule has 0 amide bonds. The zero-order valence-electron chi connectivity index (χ0n) is 8.13. The van der Waals surface area contributed by atoms with Gasteiger partial charge in [0.25, 0.3) is 5.00 Å². The smallest absolute Gasteiger partial charge is 0.158 e. The second-order valence-electron chi connectivity index (χ2n) is 3.43. The third-order valence-electron chi connectivity index (χ3n) is 2.45. The first-order chi connectivity index (χ1) is 7.43. The Morgan fingerprint density at radius 1 is 0.867 bits per heavy atom. The third-order valence-corrected chi connectivity index (χ3v) is 3.33. The topological polar surface area (TPSA) is 3.88 Å². The summed E-state index contributed by atoms with van der Waals surface area (Å²) < 4.78 is 2.16. The van der Waals surface area contributed by atoms with Gasteiger partial charge in [0.05, 0.1) is 0 Å². The zero-order chi connectivity index (χ0) is 10.1. The van der Waals surface area contributed by atoms with Crippen molar-refractivity contribution in [2.75, 3.05) is 0 Å². The van der Waals surface area contributed by atoms with Crippen LogP contribution in [0.1, 0.15) is 0 Å². The first-order valence-electron chi connectivity index (χ1n) is 4.87. The van der Waals surface area contributed by atoms with Crippen LogP contribution in [-0.2, 0) is 0 Å². The predicted molar refractivity (Wildman–Crippen MR) is 63.4 cm³/mol. The lowest BCUT2D eigenvalue weighted by Crippen LogP contribution is -2.27. The van der Waals surface area contributed by atoms with E-state index in [9.17, 15) is 0 Å². The maximum atomic E-state index is 2.17. The first-order valence-corrected chi connectivity index (χ1v) is 5.75. The van der Waals surface area contributed by atoms with Crippen molar-refractivity contribution >= 4 is 22.1 Å². The summed E-state index contributed by atoms with van der Waals surface area (Å²) in [6.45, 7) is 0. The van der Waals surface area contributed by atoms with Crippen LogP contribution in [0.2, 0.25) is 0 Å². The summed E-state index contributed by atoms with van der Waals surface area (Å²) in [6, 6.07) is 14.8. The molecule has 0 unspecified atom stereocenters. The molecular formula is C13H10NS+. The molecule has 15 heavy (non-hydrogen) atoms. The van der Waals surface area contributed by atoms with Crippen molar-refractivity contribution in [2.45, 2.75) is 0 Å². The average Bonchev–Trinajstić information content (AvgIpc) is 2.82. The van der Waals surface area contributed by atoms with Crippen LogP contribution in [0.25, 0.3) is 15.8 Å². The summed E-state index contributed by atoms with van der Waals surface area (Å²) in [7, 11) is 0. The molecule has 0 aliphatic heterocycles. The molecule has 0 atom stereocenters. The van der Waals surface area contributed by atoms with Gasteiger partial charge in [0.15, 0.2) is 12.4 Å². The minimum absolute atomic E-state index is 1.25. The van der Waals surface area contributed by atoms with Crippen molar-refractivity contribution in [3.05, 3.63) is 60.2 Å². The molecule has 0 spiro atoms. The molecule has 72 valence electrons. The standard InChI is InChI=1S/C13H10NS/c1-2-5-12-10-14(8-7-11(12)4-1)13-6-3-9-15-13/h1-10H/q+1. The summed E-state index contributed by atoms with van der Waals surface area (Å²) in [4.78, 5) is 0. The van der Waals surface area contributed by atoms with Crippen molar-refractivity contribution in [1.82, 2.24) is 0 Å². The molecule has 0 aliphatic carbocycles. The Hall–Kier alpha value is -1.67. The minimum Gasteiger partial charge on any atom is -0.158 e.